The molecule has 0 saturated carbocycles. The third kappa shape index (κ3) is 1.60. The van der Waals surface area contributed by atoms with Gasteiger partial charge in [0.2, 0.25) is 5.95 Å². The summed E-state index contributed by atoms with van der Waals surface area (Å²) in [5, 5.41) is 11.2. The van der Waals surface area contributed by atoms with Crippen LogP contribution < -0.4 is 10.8 Å². The number of nitrogens with zero attached hydrogens (tertiary/aromatic N) is 2. The number of hydrogen-bond acceptors (Lipinski definition) is 3. The molecule has 0 aliphatic carbocycles. The summed E-state index contributed by atoms with van der Waals surface area (Å²) >= 11 is 0. The molecule has 17 heavy (non-hydrogen) atoms. The highest BCUT2D eigenvalue weighted by Crippen LogP contribution is 2.17. The lowest BCUT2D eigenvalue weighted by atomic mass is 10.1. The molecule has 2 aromatic rings. The Labute approximate surface area is 97.3 Å². The Kier molecular flexibility index (Phi) is 2.18. The first-order valence-electron chi connectivity index (χ1n) is 5.40. The van der Waals surface area contributed by atoms with Gasteiger partial charge in [0, 0.05) is 24.8 Å². The quantitative estimate of drug-likeness (QED) is 0.781. The van der Waals surface area contributed by atoms with E-state index in [4.69, 9.17) is 5.41 Å². The van der Waals surface area contributed by atoms with Crippen molar-refractivity contribution >= 4 is 5.95 Å². The first-order valence-corrected chi connectivity index (χ1v) is 5.40. The molecule has 0 bridgehead atoms. The van der Waals surface area contributed by atoms with Crippen molar-refractivity contribution in [1.29, 1.82) is 5.41 Å². The van der Waals surface area contributed by atoms with E-state index in [1.54, 1.807) is 22.9 Å². The van der Waals surface area contributed by atoms with Crippen LogP contribution in [0.5, 0.6) is 0 Å². The number of halogens is 1. The van der Waals surface area contributed by atoms with Crippen LogP contribution in [-0.2, 0) is 6.54 Å². The molecule has 0 fully saturated rings. The van der Waals surface area contributed by atoms with Gasteiger partial charge in [-0.25, -0.2) is 9.37 Å². The van der Waals surface area contributed by atoms with Crippen LogP contribution in [0.15, 0.2) is 30.5 Å². The Balaban J connectivity index is 2.20. The smallest absolute Gasteiger partial charge is 0.204 e. The largest absolute Gasteiger partial charge is 0.354 e. The lowest BCUT2D eigenvalue weighted by Crippen LogP contribution is -2.20. The number of benzene rings is 1. The topological polar surface area (TPSA) is 53.7 Å². The molecule has 0 radical (unpaired) electrons. The standard InChI is InChI=1S/C12H11FN4/c13-9-3-1-2-8(6-9)10-7-16-12-15-4-5-17(12)11(10)14/h1-3,6-7,14H,4-5H2,(H,15,16). The fourth-order valence-corrected chi connectivity index (χ4v) is 2.01. The number of aromatic nitrogens is 2. The molecule has 2 N–H and O–H groups in total. The molecule has 0 amide bonds. The van der Waals surface area contributed by atoms with E-state index in [2.05, 4.69) is 10.3 Å². The van der Waals surface area contributed by atoms with Crippen LogP contribution in [0.25, 0.3) is 11.1 Å². The summed E-state index contributed by atoms with van der Waals surface area (Å²) in [6, 6.07) is 6.24. The molecule has 2 heterocycles. The summed E-state index contributed by atoms with van der Waals surface area (Å²) in [6.45, 7) is 1.51. The monoisotopic (exact) mass is 230 g/mol. The first-order chi connectivity index (χ1) is 8.25. The van der Waals surface area contributed by atoms with Gasteiger partial charge in [-0.2, -0.15) is 0 Å². The van der Waals surface area contributed by atoms with Crippen LogP contribution >= 0.6 is 0 Å². The second-order valence-corrected chi connectivity index (χ2v) is 3.93. The summed E-state index contributed by atoms with van der Waals surface area (Å²) in [6.07, 6.45) is 1.61. The molecule has 4 nitrogen and oxygen atoms in total. The Morgan fingerprint density at radius 3 is 3.12 bits per heavy atom. The molecule has 1 aromatic carbocycles. The van der Waals surface area contributed by atoms with Crippen LogP contribution in [0.1, 0.15) is 0 Å². The number of anilines is 1. The molecule has 86 valence electrons. The molecule has 1 aliphatic rings. The lowest BCUT2D eigenvalue weighted by molar-refractivity contribution is 0.628. The van der Waals surface area contributed by atoms with E-state index in [0.717, 1.165) is 13.1 Å². The summed E-state index contributed by atoms with van der Waals surface area (Å²) in [4.78, 5) is 4.24. The highest BCUT2D eigenvalue weighted by Gasteiger charge is 2.13. The van der Waals surface area contributed by atoms with Crippen molar-refractivity contribution in [3.8, 4) is 11.1 Å². The van der Waals surface area contributed by atoms with Crippen LogP contribution in [0.2, 0.25) is 0 Å². The zero-order chi connectivity index (χ0) is 11.8. The number of hydrogen-bond donors (Lipinski definition) is 2. The molecular formula is C12H11FN4. The molecule has 1 aromatic heterocycles. The van der Waals surface area contributed by atoms with Gasteiger partial charge in [0.15, 0.2) is 0 Å². The average Bonchev–Trinajstić information content (AvgIpc) is 2.78. The third-order valence-electron chi connectivity index (χ3n) is 2.85. The van der Waals surface area contributed by atoms with E-state index >= 15 is 0 Å². The predicted octanol–water partition coefficient (Wildman–Crippen LogP) is 1.59. The second kappa shape index (κ2) is 3.69. The highest BCUT2D eigenvalue weighted by atomic mass is 19.1. The zero-order valence-electron chi connectivity index (χ0n) is 9.07. The fourth-order valence-electron chi connectivity index (χ4n) is 2.01. The maximum atomic E-state index is 13.2. The van der Waals surface area contributed by atoms with E-state index in [0.29, 0.717) is 22.6 Å². The molecule has 0 spiro atoms. The van der Waals surface area contributed by atoms with E-state index in [9.17, 15) is 4.39 Å². The Hall–Kier alpha value is -2.17. The third-order valence-corrected chi connectivity index (χ3v) is 2.85. The summed E-state index contributed by atoms with van der Waals surface area (Å²) < 4.78 is 14.9. The van der Waals surface area contributed by atoms with Crippen molar-refractivity contribution in [1.82, 2.24) is 9.55 Å². The molecule has 5 heteroatoms. The summed E-state index contributed by atoms with van der Waals surface area (Å²) in [7, 11) is 0. The van der Waals surface area contributed by atoms with Crippen LogP contribution in [-0.4, -0.2) is 16.1 Å². The Bertz CT molecular complexity index is 633. The van der Waals surface area contributed by atoms with Gasteiger partial charge in [-0.1, -0.05) is 12.1 Å². The van der Waals surface area contributed by atoms with Gasteiger partial charge in [0.1, 0.15) is 11.3 Å². The number of rotatable bonds is 1. The van der Waals surface area contributed by atoms with Gasteiger partial charge in [-0.05, 0) is 17.7 Å². The van der Waals surface area contributed by atoms with Gasteiger partial charge in [-0.15, -0.1) is 0 Å². The van der Waals surface area contributed by atoms with Crippen molar-refractivity contribution in [3.63, 3.8) is 0 Å². The van der Waals surface area contributed by atoms with Gasteiger partial charge in [0.25, 0.3) is 0 Å². The molecule has 0 unspecified atom stereocenters. The number of fused-ring (bicyclic) bond motifs is 1. The number of nitrogens with one attached hydrogen (secondary N) is 2. The van der Waals surface area contributed by atoms with Crippen molar-refractivity contribution in [2.24, 2.45) is 0 Å². The van der Waals surface area contributed by atoms with Crippen LogP contribution in [0, 0.1) is 11.2 Å². The van der Waals surface area contributed by atoms with Gasteiger partial charge < -0.3 is 5.32 Å². The molecule has 1 aliphatic heterocycles. The zero-order valence-corrected chi connectivity index (χ0v) is 9.07. The van der Waals surface area contributed by atoms with Crippen molar-refractivity contribution < 1.29 is 4.39 Å². The van der Waals surface area contributed by atoms with Gasteiger partial charge in [-0.3, -0.25) is 9.98 Å². The normalized spacial score (nSPS) is 13.2. The first kappa shape index (κ1) is 10.0. The van der Waals surface area contributed by atoms with Crippen LogP contribution in [0.4, 0.5) is 10.3 Å². The maximum Gasteiger partial charge on any atom is 0.204 e. The highest BCUT2D eigenvalue weighted by molar-refractivity contribution is 5.61. The van der Waals surface area contributed by atoms with Crippen LogP contribution in [0.3, 0.4) is 0 Å². The molecule has 0 atom stereocenters. The molecule has 3 rings (SSSR count). The molecule has 0 saturated heterocycles. The van der Waals surface area contributed by atoms with E-state index in [-0.39, 0.29) is 5.82 Å². The van der Waals surface area contributed by atoms with E-state index in [1.165, 1.54) is 12.1 Å². The lowest BCUT2D eigenvalue weighted by Gasteiger charge is -2.07. The summed E-state index contributed by atoms with van der Waals surface area (Å²) in [5.41, 5.74) is 1.70. The summed E-state index contributed by atoms with van der Waals surface area (Å²) in [5.74, 6) is 0.403. The van der Waals surface area contributed by atoms with Crippen molar-refractivity contribution in [2.45, 2.75) is 6.54 Å². The average molecular weight is 230 g/mol. The Morgan fingerprint density at radius 2 is 2.29 bits per heavy atom. The SMILES string of the molecule is N=c1c(-c2cccc(F)c2)cnc2n1CCN2. The fraction of sp³-hybridized carbons (Fsp3) is 0.167. The second-order valence-electron chi connectivity index (χ2n) is 3.93. The molecular weight excluding hydrogens is 219 g/mol. The van der Waals surface area contributed by atoms with Crippen molar-refractivity contribution in [3.05, 3.63) is 41.8 Å². The van der Waals surface area contributed by atoms with E-state index in [1.807, 2.05) is 0 Å². The minimum atomic E-state index is -0.300. The predicted molar refractivity (Wildman–Crippen MR) is 62.0 cm³/mol. The van der Waals surface area contributed by atoms with Crippen molar-refractivity contribution in [2.75, 3.05) is 11.9 Å². The van der Waals surface area contributed by atoms with Gasteiger partial charge >= 0.3 is 0 Å². The Morgan fingerprint density at radius 1 is 1.41 bits per heavy atom. The minimum absolute atomic E-state index is 0.300. The minimum Gasteiger partial charge on any atom is -0.354 e. The maximum absolute atomic E-state index is 13.2. The van der Waals surface area contributed by atoms with E-state index < -0.39 is 0 Å². The van der Waals surface area contributed by atoms with Gasteiger partial charge in [0.05, 0.1) is 0 Å².